The minimum Gasteiger partial charge on any atom is -0.444 e. The van der Waals surface area contributed by atoms with Crippen LogP contribution in [0.25, 0.3) is 0 Å². The van der Waals surface area contributed by atoms with Crippen molar-refractivity contribution in [1.82, 2.24) is 0 Å². The molecular weight excluding hydrogens is 278 g/mol. The van der Waals surface area contributed by atoms with Crippen LogP contribution in [0.1, 0.15) is 28.4 Å². The van der Waals surface area contributed by atoms with Crippen molar-refractivity contribution in [3.8, 4) is 0 Å². The summed E-state index contributed by atoms with van der Waals surface area (Å²) in [4.78, 5) is 25.3. The molecule has 0 saturated carbocycles. The second kappa shape index (κ2) is 6.02. The zero-order chi connectivity index (χ0) is 15.5. The van der Waals surface area contributed by atoms with Crippen LogP contribution in [0.15, 0.2) is 48.5 Å². The number of amides is 1. The normalized spacial score (nSPS) is 12.9. The Bertz CT molecular complexity index is 710. The molecule has 0 unspecified atom stereocenters. The number of anilines is 1. The van der Waals surface area contributed by atoms with Gasteiger partial charge in [-0.2, -0.15) is 0 Å². The number of carbonyl (C=O) groups is 2. The highest BCUT2D eigenvalue weighted by atomic mass is 16.6. The van der Waals surface area contributed by atoms with Crippen LogP contribution in [0, 0.1) is 0 Å². The van der Waals surface area contributed by atoms with E-state index in [9.17, 15) is 9.59 Å². The second-order valence-corrected chi connectivity index (χ2v) is 5.34. The van der Waals surface area contributed by atoms with E-state index in [-0.39, 0.29) is 18.5 Å². The van der Waals surface area contributed by atoms with Crippen LogP contribution in [0.4, 0.5) is 10.5 Å². The first-order valence-electron chi connectivity index (χ1n) is 7.27. The lowest BCUT2D eigenvalue weighted by Gasteiger charge is -2.17. The van der Waals surface area contributed by atoms with E-state index in [1.807, 2.05) is 42.5 Å². The highest BCUT2D eigenvalue weighted by Crippen LogP contribution is 2.29. The molecule has 0 bridgehead atoms. The maximum absolute atomic E-state index is 12.2. The van der Waals surface area contributed by atoms with Crippen LogP contribution in [0.3, 0.4) is 0 Å². The highest BCUT2D eigenvalue weighted by Gasteiger charge is 2.26. The van der Waals surface area contributed by atoms with Gasteiger partial charge in [0.1, 0.15) is 6.61 Å². The number of hydrogen-bond donors (Lipinski definition) is 0. The minimum absolute atomic E-state index is 0.0351. The quantitative estimate of drug-likeness (QED) is 0.813. The van der Waals surface area contributed by atoms with E-state index in [2.05, 4.69) is 0 Å². The maximum Gasteiger partial charge on any atom is 0.414 e. The zero-order valence-electron chi connectivity index (χ0n) is 12.4. The van der Waals surface area contributed by atoms with Gasteiger partial charge in [-0.15, -0.1) is 0 Å². The van der Waals surface area contributed by atoms with Gasteiger partial charge in [0.15, 0.2) is 5.78 Å². The van der Waals surface area contributed by atoms with Crippen molar-refractivity contribution in [3.05, 3.63) is 65.2 Å². The Kier molecular flexibility index (Phi) is 3.92. The topological polar surface area (TPSA) is 46.6 Å². The molecule has 22 heavy (non-hydrogen) atoms. The number of rotatable bonds is 3. The molecule has 112 valence electrons. The third-order valence-electron chi connectivity index (χ3n) is 3.81. The van der Waals surface area contributed by atoms with E-state index < -0.39 is 0 Å². The summed E-state index contributed by atoms with van der Waals surface area (Å²) < 4.78 is 5.37. The van der Waals surface area contributed by atoms with Crippen LogP contribution in [0.5, 0.6) is 0 Å². The summed E-state index contributed by atoms with van der Waals surface area (Å²) >= 11 is 0. The largest absolute Gasteiger partial charge is 0.444 e. The monoisotopic (exact) mass is 295 g/mol. The number of ether oxygens (including phenoxy) is 1. The van der Waals surface area contributed by atoms with Crippen LogP contribution >= 0.6 is 0 Å². The predicted octanol–water partition coefficient (Wildman–Crippen LogP) is 3.59. The summed E-state index contributed by atoms with van der Waals surface area (Å²) in [5.41, 5.74) is 3.49. The molecule has 0 N–H and O–H groups in total. The molecule has 2 aromatic carbocycles. The van der Waals surface area contributed by atoms with Gasteiger partial charge in [-0.1, -0.05) is 30.3 Å². The summed E-state index contributed by atoms with van der Waals surface area (Å²) in [5.74, 6) is 0.0351. The maximum atomic E-state index is 12.2. The first kappa shape index (κ1) is 14.3. The molecule has 1 amide bonds. The molecule has 1 aliphatic heterocycles. The van der Waals surface area contributed by atoms with E-state index in [0.717, 1.165) is 23.2 Å². The van der Waals surface area contributed by atoms with Gasteiger partial charge < -0.3 is 4.74 Å². The predicted molar refractivity (Wildman–Crippen MR) is 84.1 cm³/mol. The SMILES string of the molecule is CC(=O)c1ccc2c(c1)CCN2C(=O)OCc1ccccc1. The summed E-state index contributed by atoms with van der Waals surface area (Å²) in [5, 5.41) is 0. The van der Waals surface area contributed by atoms with Gasteiger partial charge in [-0.25, -0.2) is 4.79 Å². The van der Waals surface area contributed by atoms with Gasteiger partial charge in [0, 0.05) is 12.1 Å². The fourth-order valence-electron chi connectivity index (χ4n) is 2.61. The standard InChI is InChI=1S/C18H17NO3/c1-13(20)15-7-8-17-16(11-15)9-10-19(17)18(21)22-12-14-5-3-2-4-6-14/h2-8,11H,9-10,12H2,1H3. The lowest BCUT2D eigenvalue weighted by atomic mass is 10.1. The van der Waals surface area contributed by atoms with Crippen molar-refractivity contribution < 1.29 is 14.3 Å². The number of Topliss-reactive ketones (excluding diaryl/α,β-unsaturated/α-hetero) is 1. The van der Waals surface area contributed by atoms with Crippen LogP contribution < -0.4 is 4.90 Å². The molecule has 1 aliphatic rings. The molecule has 4 heteroatoms. The van der Waals surface area contributed by atoms with Crippen LogP contribution in [-0.4, -0.2) is 18.4 Å². The molecule has 2 aromatic rings. The van der Waals surface area contributed by atoms with E-state index in [1.165, 1.54) is 0 Å². The summed E-state index contributed by atoms with van der Waals surface area (Å²) in [6, 6.07) is 15.0. The lowest BCUT2D eigenvalue weighted by molar-refractivity contribution is 0.101. The summed E-state index contributed by atoms with van der Waals surface area (Å²) in [6.45, 7) is 2.39. The van der Waals surface area contributed by atoms with Gasteiger partial charge in [0.25, 0.3) is 0 Å². The number of hydrogen-bond acceptors (Lipinski definition) is 3. The van der Waals surface area contributed by atoms with E-state index >= 15 is 0 Å². The Hall–Kier alpha value is -2.62. The van der Waals surface area contributed by atoms with Crippen molar-refractivity contribution in [2.75, 3.05) is 11.4 Å². The fraction of sp³-hybridized carbons (Fsp3) is 0.222. The Labute approximate surface area is 129 Å². The van der Waals surface area contributed by atoms with E-state index in [0.29, 0.717) is 12.1 Å². The number of carbonyl (C=O) groups excluding carboxylic acids is 2. The molecule has 4 nitrogen and oxygen atoms in total. The number of ketones is 1. The molecule has 0 radical (unpaired) electrons. The van der Waals surface area contributed by atoms with Crippen molar-refractivity contribution in [3.63, 3.8) is 0 Å². The van der Waals surface area contributed by atoms with Gasteiger partial charge in [0.05, 0.1) is 5.69 Å². The third-order valence-corrected chi connectivity index (χ3v) is 3.81. The number of benzene rings is 2. The van der Waals surface area contributed by atoms with Crippen molar-refractivity contribution in [2.45, 2.75) is 20.0 Å². The lowest BCUT2D eigenvalue weighted by Crippen LogP contribution is -2.29. The first-order valence-corrected chi connectivity index (χ1v) is 7.27. The molecule has 0 aliphatic carbocycles. The van der Waals surface area contributed by atoms with Crippen molar-refractivity contribution in [1.29, 1.82) is 0 Å². The number of fused-ring (bicyclic) bond motifs is 1. The average molecular weight is 295 g/mol. The average Bonchev–Trinajstić information content (AvgIpc) is 2.96. The third kappa shape index (κ3) is 2.86. The molecule has 0 spiro atoms. The Morgan fingerprint density at radius 2 is 1.91 bits per heavy atom. The van der Waals surface area contributed by atoms with Gasteiger partial charge >= 0.3 is 6.09 Å². The highest BCUT2D eigenvalue weighted by molar-refractivity contribution is 5.96. The Morgan fingerprint density at radius 1 is 1.14 bits per heavy atom. The molecule has 0 aromatic heterocycles. The molecular formula is C18H17NO3. The van der Waals surface area contributed by atoms with Crippen molar-refractivity contribution >= 4 is 17.6 Å². The smallest absolute Gasteiger partial charge is 0.414 e. The molecule has 0 saturated heterocycles. The summed E-state index contributed by atoms with van der Waals surface area (Å²) in [6.07, 6.45) is 0.398. The summed E-state index contributed by atoms with van der Waals surface area (Å²) in [7, 11) is 0. The minimum atomic E-state index is -0.349. The van der Waals surface area contributed by atoms with Crippen molar-refractivity contribution in [2.24, 2.45) is 0 Å². The van der Waals surface area contributed by atoms with Gasteiger partial charge in [-0.3, -0.25) is 9.69 Å². The van der Waals surface area contributed by atoms with Crippen LogP contribution in [0.2, 0.25) is 0 Å². The van der Waals surface area contributed by atoms with E-state index in [1.54, 1.807) is 17.9 Å². The first-order chi connectivity index (χ1) is 10.6. The molecule has 0 atom stereocenters. The van der Waals surface area contributed by atoms with Crippen LogP contribution in [-0.2, 0) is 17.8 Å². The van der Waals surface area contributed by atoms with Gasteiger partial charge in [0.2, 0.25) is 0 Å². The second-order valence-electron chi connectivity index (χ2n) is 5.34. The Morgan fingerprint density at radius 3 is 2.64 bits per heavy atom. The van der Waals surface area contributed by atoms with Gasteiger partial charge in [-0.05, 0) is 42.7 Å². The number of nitrogens with zero attached hydrogens (tertiary/aromatic N) is 1. The molecule has 3 rings (SSSR count). The van der Waals surface area contributed by atoms with E-state index in [4.69, 9.17) is 4.74 Å². The molecule has 1 heterocycles. The Balaban J connectivity index is 1.70. The zero-order valence-corrected chi connectivity index (χ0v) is 12.4. The fourth-order valence-corrected chi connectivity index (χ4v) is 2.61. The molecule has 0 fully saturated rings.